The van der Waals surface area contributed by atoms with Crippen LogP contribution in [0.5, 0.6) is 5.75 Å². The lowest BCUT2D eigenvalue weighted by atomic mass is 10.1. The molecule has 3 rings (SSSR count). The van der Waals surface area contributed by atoms with Crippen LogP contribution >= 0.6 is 15.9 Å². The third-order valence-electron chi connectivity index (χ3n) is 4.34. The van der Waals surface area contributed by atoms with E-state index < -0.39 is 10.0 Å². The number of amides is 1. The number of halogens is 1. The van der Waals surface area contributed by atoms with Gasteiger partial charge >= 0.3 is 0 Å². The SMILES string of the molecule is N#Cc1ccccc1S(=O)(=O)N1CCN(C(=O)c2cc(Br)ccc2O)CC1. The van der Waals surface area contributed by atoms with Gasteiger partial charge in [-0.3, -0.25) is 4.79 Å². The number of aromatic hydroxyl groups is 1. The maximum absolute atomic E-state index is 12.8. The van der Waals surface area contributed by atoms with E-state index in [1.54, 1.807) is 18.2 Å². The minimum Gasteiger partial charge on any atom is -0.507 e. The van der Waals surface area contributed by atoms with Crippen LogP contribution < -0.4 is 0 Å². The number of nitriles is 1. The van der Waals surface area contributed by atoms with Crippen LogP contribution in [0, 0.1) is 11.3 Å². The highest BCUT2D eigenvalue weighted by Crippen LogP contribution is 2.25. The van der Waals surface area contributed by atoms with Crippen molar-refractivity contribution in [2.75, 3.05) is 26.2 Å². The summed E-state index contributed by atoms with van der Waals surface area (Å²) in [5.74, 6) is -0.482. The minimum absolute atomic E-state index is 0.0306. The number of sulfonamides is 1. The van der Waals surface area contributed by atoms with E-state index in [1.165, 1.54) is 33.5 Å². The Labute approximate surface area is 165 Å². The fourth-order valence-corrected chi connectivity index (χ4v) is 4.83. The maximum Gasteiger partial charge on any atom is 0.257 e. The molecule has 1 aliphatic heterocycles. The maximum atomic E-state index is 12.8. The molecule has 1 saturated heterocycles. The monoisotopic (exact) mass is 449 g/mol. The number of rotatable bonds is 3. The Hall–Kier alpha value is -2.41. The topological polar surface area (TPSA) is 102 Å². The van der Waals surface area contributed by atoms with E-state index in [0.717, 1.165) is 0 Å². The fraction of sp³-hybridized carbons (Fsp3) is 0.222. The molecule has 0 spiro atoms. The number of carbonyl (C=O) groups excluding carboxylic acids is 1. The molecule has 1 heterocycles. The first-order chi connectivity index (χ1) is 12.8. The number of phenolic OH excluding ortho intramolecular Hbond substituents is 1. The molecule has 0 unspecified atom stereocenters. The summed E-state index contributed by atoms with van der Waals surface area (Å²) in [7, 11) is -3.82. The van der Waals surface area contributed by atoms with Gasteiger partial charge in [0.1, 0.15) is 11.8 Å². The third-order valence-corrected chi connectivity index (χ3v) is 6.79. The highest BCUT2D eigenvalue weighted by Gasteiger charge is 2.32. The predicted octanol–water partition coefficient (Wildman–Crippen LogP) is 2.17. The van der Waals surface area contributed by atoms with Crippen LogP contribution in [-0.2, 0) is 10.0 Å². The highest BCUT2D eigenvalue weighted by molar-refractivity contribution is 9.10. The first kappa shape index (κ1) is 19.4. The van der Waals surface area contributed by atoms with Crippen molar-refractivity contribution in [1.82, 2.24) is 9.21 Å². The number of piperazine rings is 1. The van der Waals surface area contributed by atoms with Gasteiger partial charge < -0.3 is 10.0 Å². The van der Waals surface area contributed by atoms with Gasteiger partial charge in [-0.25, -0.2) is 8.42 Å². The second kappa shape index (κ2) is 7.68. The lowest BCUT2D eigenvalue weighted by Crippen LogP contribution is -2.50. The van der Waals surface area contributed by atoms with Gasteiger partial charge in [0, 0.05) is 30.7 Å². The summed E-state index contributed by atoms with van der Waals surface area (Å²) < 4.78 is 27.6. The van der Waals surface area contributed by atoms with E-state index in [-0.39, 0.29) is 53.9 Å². The Balaban J connectivity index is 1.76. The molecule has 0 bridgehead atoms. The van der Waals surface area contributed by atoms with E-state index in [0.29, 0.717) is 4.47 Å². The van der Waals surface area contributed by atoms with Crippen LogP contribution in [-0.4, -0.2) is 54.8 Å². The van der Waals surface area contributed by atoms with Gasteiger partial charge in [0.25, 0.3) is 5.91 Å². The lowest BCUT2D eigenvalue weighted by Gasteiger charge is -2.34. The van der Waals surface area contributed by atoms with E-state index in [2.05, 4.69) is 15.9 Å². The molecule has 1 fully saturated rings. The molecule has 27 heavy (non-hydrogen) atoms. The van der Waals surface area contributed by atoms with Crippen LogP contribution in [0.15, 0.2) is 51.8 Å². The van der Waals surface area contributed by atoms with Gasteiger partial charge in [-0.1, -0.05) is 28.1 Å². The van der Waals surface area contributed by atoms with Crippen molar-refractivity contribution in [1.29, 1.82) is 5.26 Å². The van der Waals surface area contributed by atoms with E-state index in [1.807, 2.05) is 6.07 Å². The summed E-state index contributed by atoms with van der Waals surface area (Å²) in [5.41, 5.74) is 0.255. The molecule has 7 nitrogen and oxygen atoms in total. The standard InChI is InChI=1S/C18H16BrN3O4S/c19-14-5-6-16(23)15(11-14)18(24)21-7-9-22(10-8-21)27(25,26)17-4-2-1-3-13(17)12-20/h1-6,11,23H,7-10H2. The summed E-state index contributed by atoms with van der Waals surface area (Å²) >= 11 is 3.27. The Morgan fingerprint density at radius 1 is 1.11 bits per heavy atom. The molecule has 0 atom stereocenters. The van der Waals surface area contributed by atoms with Crippen LogP contribution in [0.25, 0.3) is 0 Å². The van der Waals surface area contributed by atoms with Crippen molar-refractivity contribution in [2.24, 2.45) is 0 Å². The molecule has 2 aromatic rings. The first-order valence-corrected chi connectivity index (χ1v) is 10.3. The van der Waals surface area contributed by atoms with Crippen LogP contribution in [0.3, 0.4) is 0 Å². The Morgan fingerprint density at radius 2 is 1.78 bits per heavy atom. The quantitative estimate of drug-likeness (QED) is 0.773. The zero-order chi connectivity index (χ0) is 19.6. The molecular weight excluding hydrogens is 434 g/mol. The third kappa shape index (κ3) is 3.83. The van der Waals surface area contributed by atoms with E-state index in [4.69, 9.17) is 5.26 Å². The summed E-state index contributed by atoms with van der Waals surface area (Å²) in [4.78, 5) is 14.1. The molecule has 1 N–H and O–H groups in total. The number of carbonyl (C=O) groups is 1. The second-order valence-corrected chi connectivity index (χ2v) is 8.79. The highest BCUT2D eigenvalue weighted by atomic mass is 79.9. The second-order valence-electron chi connectivity index (χ2n) is 5.97. The van der Waals surface area contributed by atoms with E-state index >= 15 is 0 Å². The number of hydrogen-bond donors (Lipinski definition) is 1. The van der Waals surface area contributed by atoms with Gasteiger partial charge in [-0.05, 0) is 30.3 Å². The largest absolute Gasteiger partial charge is 0.507 e. The fourth-order valence-electron chi connectivity index (χ4n) is 2.90. The number of hydrogen-bond acceptors (Lipinski definition) is 5. The number of nitrogens with zero attached hydrogens (tertiary/aromatic N) is 3. The van der Waals surface area contributed by atoms with Gasteiger partial charge in [0.2, 0.25) is 10.0 Å². The molecule has 1 aliphatic rings. The van der Waals surface area contributed by atoms with Gasteiger partial charge in [0.05, 0.1) is 16.0 Å². The number of phenols is 1. The van der Waals surface area contributed by atoms with Gasteiger partial charge in [-0.2, -0.15) is 9.57 Å². The lowest BCUT2D eigenvalue weighted by molar-refractivity contribution is 0.0694. The molecule has 9 heteroatoms. The van der Waals surface area contributed by atoms with Crippen molar-refractivity contribution in [3.05, 3.63) is 58.1 Å². The number of benzene rings is 2. The minimum atomic E-state index is -3.82. The Morgan fingerprint density at radius 3 is 2.44 bits per heavy atom. The molecule has 1 amide bonds. The van der Waals surface area contributed by atoms with Crippen molar-refractivity contribution in [3.8, 4) is 11.8 Å². The van der Waals surface area contributed by atoms with Crippen molar-refractivity contribution >= 4 is 31.9 Å². The smallest absolute Gasteiger partial charge is 0.257 e. The molecule has 140 valence electrons. The van der Waals surface area contributed by atoms with Gasteiger partial charge in [0.15, 0.2) is 0 Å². The predicted molar refractivity (Wildman–Crippen MR) is 102 cm³/mol. The summed E-state index contributed by atoms with van der Waals surface area (Å²) in [6.45, 7) is 0.614. The van der Waals surface area contributed by atoms with Crippen molar-refractivity contribution in [2.45, 2.75) is 4.90 Å². The normalized spacial score (nSPS) is 15.3. The van der Waals surface area contributed by atoms with E-state index in [9.17, 15) is 18.3 Å². The van der Waals surface area contributed by atoms with Crippen LogP contribution in [0.1, 0.15) is 15.9 Å². The molecule has 0 aromatic heterocycles. The molecule has 0 radical (unpaired) electrons. The average molecular weight is 450 g/mol. The van der Waals surface area contributed by atoms with Gasteiger partial charge in [-0.15, -0.1) is 0 Å². The molecule has 0 aliphatic carbocycles. The molecular formula is C18H16BrN3O4S. The zero-order valence-electron chi connectivity index (χ0n) is 14.2. The molecule has 0 saturated carbocycles. The first-order valence-electron chi connectivity index (χ1n) is 8.11. The summed E-state index contributed by atoms with van der Waals surface area (Å²) in [6, 6.07) is 12.5. The Kier molecular flexibility index (Phi) is 5.51. The van der Waals surface area contributed by atoms with Crippen molar-refractivity contribution in [3.63, 3.8) is 0 Å². The summed E-state index contributed by atoms with van der Waals surface area (Å²) in [6.07, 6.45) is 0. The zero-order valence-corrected chi connectivity index (χ0v) is 16.6. The summed E-state index contributed by atoms with van der Waals surface area (Å²) in [5, 5.41) is 19.1. The van der Waals surface area contributed by atoms with Crippen LogP contribution in [0.2, 0.25) is 0 Å². The van der Waals surface area contributed by atoms with Crippen molar-refractivity contribution < 1.29 is 18.3 Å². The molecule has 2 aromatic carbocycles. The average Bonchev–Trinajstić information content (AvgIpc) is 2.69. The van der Waals surface area contributed by atoms with Crippen LogP contribution in [0.4, 0.5) is 0 Å². The Bertz CT molecular complexity index is 1030.